The van der Waals surface area contributed by atoms with E-state index in [1.165, 1.54) is 32.1 Å². The van der Waals surface area contributed by atoms with Crippen LogP contribution in [-0.4, -0.2) is 38.5 Å². The van der Waals surface area contributed by atoms with Crippen LogP contribution in [0.4, 0.5) is 0 Å². The van der Waals surface area contributed by atoms with Crippen LogP contribution in [0, 0.1) is 5.92 Å². The molecule has 108 valence electrons. The van der Waals surface area contributed by atoms with Crippen molar-refractivity contribution < 1.29 is 9.47 Å². The summed E-state index contributed by atoms with van der Waals surface area (Å²) in [4.78, 5) is 0. The molecule has 0 amide bonds. The lowest BCUT2D eigenvalue weighted by molar-refractivity contribution is -0.0351. The molecule has 3 atom stereocenters. The van der Waals surface area contributed by atoms with Crippen LogP contribution in [0.15, 0.2) is 0 Å². The van der Waals surface area contributed by atoms with Crippen molar-refractivity contribution in [1.82, 2.24) is 5.32 Å². The molecule has 0 bridgehead atoms. The first-order valence-electron chi connectivity index (χ1n) is 7.74. The number of nitrogens with one attached hydrogen (secondary N) is 1. The molecule has 0 aliphatic heterocycles. The Hall–Kier alpha value is -0.120. The fraction of sp³-hybridized carbons (Fsp3) is 1.00. The Bertz CT molecular complexity index is 199. The third-order valence-corrected chi connectivity index (χ3v) is 3.83. The molecule has 3 heteroatoms. The van der Waals surface area contributed by atoms with Crippen molar-refractivity contribution in [3.8, 4) is 0 Å². The minimum Gasteiger partial charge on any atom is -0.379 e. The first-order valence-corrected chi connectivity index (χ1v) is 7.74. The maximum absolute atomic E-state index is 6.04. The average Bonchev–Trinajstić information content (AvgIpc) is 2.38. The maximum atomic E-state index is 6.04. The van der Waals surface area contributed by atoms with Gasteiger partial charge in [-0.05, 0) is 38.6 Å². The summed E-state index contributed by atoms with van der Waals surface area (Å²) in [6, 6.07) is 0.546. The summed E-state index contributed by atoms with van der Waals surface area (Å²) in [7, 11) is 0. The molecule has 0 saturated heterocycles. The van der Waals surface area contributed by atoms with Crippen LogP contribution in [0.2, 0.25) is 0 Å². The van der Waals surface area contributed by atoms with Gasteiger partial charge in [0.05, 0.1) is 19.3 Å². The molecular weight excluding hydrogens is 226 g/mol. The summed E-state index contributed by atoms with van der Waals surface area (Å²) in [5.74, 6) is 0.863. The van der Waals surface area contributed by atoms with Crippen LogP contribution >= 0.6 is 0 Å². The molecule has 18 heavy (non-hydrogen) atoms. The second-order valence-corrected chi connectivity index (χ2v) is 5.24. The average molecular weight is 257 g/mol. The SMILES string of the molecule is CCCC1CCC(NCC)C(OCCOCC)C1. The number of hydrogen-bond donors (Lipinski definition) is 1. The van der Waals surface area contributed by atoms with Gasteiger partial charge in [0.15, 0.2) is 0 Å². The molecule has 1 rings (SSSR count). The topological polar surface area (TPSA) is 30.5 Å². The number of hydrogen-bond acceptors (Lipinski definition) is 3. The lowest BCUT2D eigenvalue weighted by Gasteiger charge is -2.36. The minimum absolute atomic E-state index is 0.385. The van der Waals surface area contributed by atoms with E-state index in [4.69, 9.17) is 9.47 Å². The summed E-state index contributed by atoms with van der Waals surface area (Å²) < 4.78 is 11.4. The Morgan fingerprint density at radius 3 is 2.61 bits per heavy atom. The number of likely N-dealkylation sites (N-methyl/N-ethyl adjacent to an activating group) is 1. The molecule has 0 aromatic heterocycles. The molecule has 0 aromatic rings. The minimum atomic E-state index is 0.385. The molecule has 1 N–H and O–H groups in total. The van der Waals surface area contributed by atoms with E-state index in [-0.39, 0.29) is 0 Å². The van der Waals surface area contributed by atoms with Crippen LogP contribution in [0.3, 0.4) is 0 Å². The van der Waals surface area contributed by atoms with Crippen LogP contribution in [-0.2, 0) is 9.47 Å². The molecule has 1 saturated carbocycles. The molecule has 0 spiro atoms. The van der Waals surface area contributed by atoms with Gasteiger partial charge in [-0.1, -0.05) is 26.7 Å². The predicted molar refractivity (Wildman–Crippen MR) is 75.9 cm³/mol. The van der Waals surface area contributed by atoms with E-state index in [0.29, 0.717) is 12.1 Å². The zero-order valence-electron chi connectivity index (χ0n) is 12.4. The van der Waals surface area contributed by atoms with Crippen LogP contribution < -0.4 is 5.32 Å². The van der Waals surface area contributed by atoms with Crippen molar-refractivity contribution >= 4 is 0 Å². The van der Waals surface area contributed by atoms with Crippen molar-refractivity contribution in [2.45, 2.75) is 65.0 Å². The second kappa shape index (κ2) is 9.76. The summed E-state index contributed by atoms with van der Waals surface area (Å²) in [5, 5.41) is 3.57. The van der Waals surface area contributed by atoms with Gasteiger partial charge in [0.2, 0.25) is 0 Å². The molecule has 1 aliphatic carbocycles. The van der Waals surface area contributed by atoms with Gasteiger partial charge in [-0.15, -0.1) is 0 Å². The van der Waals surface area contributed by atoms with Crippen molar-refractivity contribution in [2.24, 2.45) is 5.92 Å². The molecule has 0 heterocycles. The Balaban J connectivity index is 2.34. The monoisotopic (exact) mass is 257 g/mol. The first-order chi connectivity index (χ1) is 8.81. The summed E-state index contributed by atoms with van der Waals surface area (Å²) in [5.41, 5.74) is 0. The Morgan fingerprint density at radius 1 is 1.11 bits per heavy atom. The van der Waals surface area contributed by atoms with Gasteiger partial charge in [0.1, 0.15) is 0 Å². The van der Waals surface area contributed by atoms with Gasteiger partial charge >= 0.3 is 0 Å². The lowest BCUT2D eigenvalue weighted by Crippen LogP contribution is -2.46. The molecule has 3 nitrogen and oxygen atoms in total. The molecule has 1 aliphatic rings. The molecule has 3 unspecified atom stereocenters. The van der Waals surface area contributed by atoms with E-state index >= 15 is 0 Å². The number of rotatable bonds is 9. The summed E-state index contributed by atoms with van der Waals surface area (Å²) >= 11 is 0. The predicted octanol–water partition coefficient (Wildman–Crippen LogP) is 2.99. The lowest BCUT2D eigenvalue weighted by atomic mass is 9.81. The Labute approximate surface area is 113 Å². The number of ether oxygens (including phenoxy) is 2. The van der Waals surface area contributed by atoms with E-state index in [2.05, 4.69) is 19.2 Å². The highest BCUT2D eigenvalue weighted by molar-refractivity contribution is 4.85. The van der Waals surface area contributed by atoms with Crippen LogP contribution in [0.5, 0.6) is 0 Å². The van der Waals surface area contributed by atoms with Gasteiger partial charge in [0, 0.05) is 12.6 Å². The van der Waals surface area contributed by atoms with E-state index < -0.39 is 0 Å². The fourth-order valence-electron chi connectivity index (χ4n) is 2.96. The highest BCUT2D eigenvalue weighted by Crippen LogP contribution is 2.29. The van der Waals surface area contributed by atoms with E-state index in [0.717, 1.165) is 32.3 Å². The van der Waals surface area contributed by atoms with Gasteiger partial charge in [-0.25, -0.2) is 0 Å². The van der Waals surface area contributed by atoms with E-state index in [9.17, 15) is 0 Å². The summed E-state index contributed by atoms with van der Waals surface area (Å²) in [6.07, 6.45) is 6.87. The zero-order valence-corrected chi connectivity index (χ0v) is 12.4. The van der Waals surface area contributed by atoms with Crippen molar-refractivity contribution in [3.63, 3.8) is 0 Å². The van der Waals surface area contributed by atoms with E-state index in [1.54, 1.807) is 0 Å². The highest BCUT2D eigenvalue weighted by Gasteiger charge is 2.30. The zero-order chi connectivity index (χ0) is 13.2. The van der Waals surface area contributed by atoms with Crippen molar-refractivity contribution in [1.29, 1.82) is 0 Å². The second-order valence-electron chi connectivity index (χ2n) is 5.24. The smallest absolute Gasteiger partial charge is 0.0731 e. The van der Waals surface area contributed by atoms with Gasteiger partial charge in [-0.3, -0.25) is 0 Å². The maximum Gasteiger partial charge on any atom is 0.0731 e. The van der Waals surface area contributed by atoms with Gasteiger partial charge < -0.3 is 14.8 Å². The largest absolute Gasteiger partial charge is 0.379 e. The Kier molecular flexibility index (Phi) is 8.64. The third kappa shape index (κ3) is 5.68. The van der Waals surface area contributed by atoms with Crippen molar-refractivity contribution in [3.05, 3.63) is 0 Å². The summed E-state index contributed by atoms with van der Waals surface area (Å²) in [6.45, 7) is 9.76. The molecule has 0 aromatic carbocycles. The van der Waals surface area contributed by atoms with E-state index in [1.807, 2.05) is 6.92 Å². The third-order valence-electron chi connectivity index (χ3n) is 3.83. The van der Waals surface area contributed by atoms with Crippen LogP contribution in [0.25, 0.3) is 0 Å². The standard InChI is InChI=1S/C15H31NO2/c1-4-7-13-8-9-14(16-5-2)15(12-13)18-11-10-17-6-3/h13-16H,4-12H2,1-3H3. The first kappa shape index (κ1) is 15.9. The quantitative estimate of drug-likeness (QED) is 0.644. The van der Waals surface area contributed by atoms with Gasteiger partial charge in [-0.2, -0.15) is 0 Å². The Morgan fingerprint density at radius 2 is 1.94 bits per heavy atom. The van der Waals surface area contributed by atoms with Crippen LogP contribution in [0.1, 0.15) is 52.9 Å². The molecule has 0 radical (unpaired) electrons. The molecular formula is C15H31NO2. The molecule has 1 fully saturated rings. The highest BCUT2D eigenvalue weighted by atomic mass is 16.5. The normalized spacial score (nSPS) is 28.5. The van der Waals surface area contributed by atoms with Gasteiger partial charge in [0.25, 0.3) is 0 Å². The fourth-order valence-corrected chi connectivity index (χ4v) is 2.96. The van der Waals surface area contributed by atoms with Crippen molar-refractivity contribution in [2.75, 3.05) is 26.4 Å².